The number of para-hydroxylation sites is 1. The summed E-state index contributed by atoms with van der Waals surface area (Å²) >= 11 is 12.2. The Hall–Kier alpha value is -2.09. The van der Waals surface area contributed by atoms with Crippen LogP contribution in [0.15, 0.2) is 36.4 Å². The Kier molecular flexibility index (Phi) is 6.40. The standard InChI is InChI=1S/C17H15Cl2NO3/c1-2-21-16-10-12(11-20)9-14(19)17(16)23-8-7-22-15-6-4-3-5-13(15)18/h3-6,9-10H,2,7-8H2,1H3. The van der Waals surface area contributed by atoms with Crippen molar-refractivity contribution in [3.8, 4) is 23.3 Å². The number of nitrogens with zero attached hydrogens (tertiary/aromatic N) is 1. The highest BCUT2D eigenvalue weighted by molar-refractivity contribution is 6.32. The second-order valence-corrected chi connectivity index (χ2v) is 5.27. The summed E-state index contributed by atoms with van der Waals surface area (Å²) in [4.78, 5) is 0. The van der Waals surface area contributed by atoms with Crippen LogP contribution in [-0.2, 0) is 0 Å². The maximum Gasteiger partial charge on any atom is 0.179 e. The zero-order chi connectivity index (χ0) is 16.7. The molecule has 2 aromatic carbocycles. The summed E-state index contributed by atoms with van der Waals surface area (Å²) in [6.07, 6.45) is 0. The molecule has 0 spiro atoms. The lowest BCUT2D eigenvalue weighted by atomic mass is 10.2. The summed E-state index contributed by atoms with van der Waals surface area (Å²) in [7, 11) is 0. The first kappa shape index (κ1) is 17.3. The Morgan fingerprint density at radius 3 is 2.39 bits per heavy atom. The Morgan fingerprint density at radius 2 is 1.70 bits per heavy atom. The first-order valence-electron chi connectivity index (χ1n) is 7.02. The van der Waals surface area contributed by atoms with Gasteiger partial charge < -0.3 is 14.2 Å². The number of ether oxygens (including phenoxy) is 3. The molecule has 120 valence electrons. The van der Waals surface area contributed by atoms with Crippen molar-refractivity contribution < 1.29 is 14.2 Å². The Labute approximate surface area is 145 Å². The number of hydrogen-bond donors (Lipinski definition) is 0. The zero-order valence-electron chi connectivity index (χ0n) is 12.5. The normalized spacial score (nSPS) is 10.0. The van der Waals surface area contributed by atoms with E-state index in [4.69, 9.17) is 42.7 Å². The lowest BCUT2D eigenvalue weighted by Crippen LogP contribution is -2.10. The highest BCUT2D eigenvalue weighted by atomic mass is 35.5. The molecular weight excluding hydrogens is 337 g/mol. The molecule has 0 fully saturated rings. The van der Waals surface area contributed by atoms with Crippen LogP contribution < -0.4 is 14.2 Å². The van der Waals surface area contributed by atoms with Crippen LogP contribution in [0, 0.1) is 11.3 Å². The molecule has 4 nitrogen and oxygen atoms in total. The maximum atomic E-state index is 8.97. The van der Waals surface area contributed by atoms with Crippen LogP contribution in [0.25, 0.3) is 0 Å². The first-order valence-corrected chi connectivity index (χ1v) is 7.78. The summed E-state index contributed by atoms with van der Waals surface area (Å²) in [6.45, 7) is 2.84. The van der Waals surface area contributed by atoms with Gasteiger partial charge in [-0.15, -0.1) is 0 Å². The quantitative estimate of drug-likeness (QED) is 0.677. The molecule has 0 saturated carbocycles. The summed E-state index contributed by atoms with van der Waals surface area (Å²) in [5, 5.41) is 9.84. The molecule has 0 amide bonds. The van der Waals surface area contributed by atoms with Crippen molar-refractivity contribution in [1.29, 1.82) is 5.26 Å². The van der Waals surface area contributed by atoms with Crippen molar-refractivity contribution in [2.75, 3.05) is 19.8 Å². The number of halogens is 2. The van der Waals surface area contributed by atoms with E-state index in [2.05, 4.69) is 0 Å². The average Bonchev–Trinajstić information content (AvgIpc) is 2.55. The minimum Gasteiger partial charge on any atom is -0.490 e. The van der Waals surface area contributed by atoms with Gasteiger partial charge in [-0.2, -0.15) is 5.26 Å². The fourth-order valence-electron chi connectivity index (χ4n) is 1.89. The number of rotatable bonds is 7. The molecule has 0 unspecified atom stereocenters. The van der Waals surface area contributed by atoms with Gasteiger partial charge >= 0.3 is 0 Å². The molecule has 0 atom stereocenters. The van der Waals surface area contributed by atoms with Crippen molar-refractivity contribution in [3.05, 3.63) is 52.0 Å². The topological polar surface area (TPSA) is 51.5 Å². The van der Waals surface area contributed by atoms with Crippen LogP contribution in [0.5, 0.6) is 17.2 Å². The summed E-state index contributed by atoms with van der Waals surface area (Å²) in [5.74, 6) is 1.43. The molecule has 0 saturated heterocycles. The fraction of sp³-hybridized carbons (Fsp3) is 0.235. The lowest BCUT2D eigenvalue weighted by Gasteiger charge is -2.14. The predicted octanol–water partition coefficient (Wildman–Crippen LogP) is 4.72. The molecule has 0 aliphatic heterocycles. The molecule has 0 aromatic heterocycles. The van der Waals surface area contributed by atoms with E-state index in [9.17, 15) is 0 Å². The summed E-state index contributed by atoms with van der Waals surface area (Å²) in [5.41, 5.74) is 0.415. The first-order chi connectivity index (χ1) is 11.2. The molecule has 0 heterocycles. The largest absolute Gasteiger partial charge is 0.490 e. The molecule has 0 bridgehead atoms. The Balaban J connectivity index is 2.00. The highest BCUT2D eigenvalue weighted by Crippen LogP contribution is 2.36. The van der Waals surface area contributed by atoms with Gasteiger partial charge in [0.15, 0.2) is 11.5 Å². The van der Waals surface area contributed by atoms with Crippen LogP contribution >= 0.6 is 23.2 Å². The third-order valence-corrected chi connectivity index (χ3v) is 3.46. The summed E-state index contributed by atoms with van der Waals surface area (Å²) < 4.78 is 16.7. The van der Waals surface area contributed by atoms with E-state index < -0.39 is 0 Å². The van der Waals surface area contributed by atoms with Crippen molar-refractivity contribution in [3.63, 3.8) is 0 Å². The third kappa shape index (κ3) is 4.69. The van der Waals surface area contributed by atoms with E-state index >= 15 is 0 Å². The SMILES string of the molecule is CCOc1cc(C#N)cc(Cl)c1OCCOc1ccccc1Cl. The van der Waals surface area contributed by atoms with E-state index in [1.54, 1.807) is 18.2 Å². The van der Waals surface area contributed by atoms with Crippen LogP contribution in [0.3, 0.4) is 0 Å². The molecule has 0 aliphatic rings. The number of hydrogen-bond acceptors (Lipinski definition) is 4. The Morgan fingerprint density at radius 1 is 0.957 bits per heavy atom. The maximum absolute atomic E-state index is 8.97. The second-order valence-electron chi connectivity index (χ2n) is 4.46. The van der Waals surface area contributed by atoms with Gasteiger partial charge in [0.2, 0.25) is 0 Å². The molecule has 0 N–H and O–H groups in total. The van der Waals surface area contributed by atoms with Gasteiger partial charge in [0, 0.05) is 6.07 Å². The van der Waals surface area contributed by atoms with Crippen molar-refractivity contribution in [2.24, 2.45) is 0 Å². The van der Waals surface area contributed by atoms with Crippen LogP contribution in [-0.4, -0.2) is 19.8 Å². The van der Waals surface area contributed by atoms with Gasteiger partial charge in [-0.25, -0.2) is 0 Å². The van der Waals surface area contributed by atoms with E-state index in [0.717, 1.165) is 0 Å². The zero-order valence-corrected chi connectivity index (χ0v) is 14.0. The van der Waals surface area contributed by atoms with Gasteiger partial charge in [-0.05, 0) is 25.1 Å². The highest BCUT2D eigenvalue weighted by Gasteiger charge is 2.12. The average molecular weight is 352 g/mol. The molecule has 2 rings (SSSR count). The molecular formula is C17H15Cl2NO3. The summed E-state index contributed by atoms with van der Waals surface area (Å²) in [6, 6.07) is 12.4. The van der Waals surface area contributed by atoms with Crippen molar-refractivity contribution in [2.45, 2.75) is 6.92 Å². The van der Waals surface area contributed by atoms with E-state index in [1.807, 2.05) is 25.1 Å². The predicted molar refractivity (Wildman–Crippen MR) is 89.8 cm³/mol. The van der Waals surface area contributed by atoms with Gasteiger partial charge in [-0.1, -0.05) is 35.3 Å². The molecule has 2 aromatic rings. The van der Waals surface area contributed by atoms with E-state index in [0.29, 0.717) is 46.1 Å². The van der Waals surface area contributed by atoms with Crippen LogP contribution in [0.2, 0.25) is 10.0 Å². The van der Waals surface area contributed by atoms with Crippen molar-refractivity contribution in [1.82, 2.24) is 0 Å². The van der Waals surface area contributed by atoms with Gasteiger partial charge in [-0.3, -0.25) is 0 Å². The van der Waals surface area contributed by atoms with E-state index in [1.165, 1.54) is 6.07 Å². The molecule has 0 aliphatic carbocycles. The van der Waals surface area contributed by atoms with Gasteiger partial charge in [0.25, 0.3) is 0 Å². The van der Waals surface area contributed by atoms with Gasteiger partial charge in [0.05, 0.1) is 28.3 Å². The number of nitriles is 1. The second kappa shape index (κ2) is 8.52. The van der Waals surface area contributed by atoms with Crippen molar-refractivity contribution >= 4 is 23.2 Å². The molecule has 23 heavy (non-hydrogen) atoms. The fourth-order valence-corrected chi connectivity index (χ4v) is 2.35. The minimum atomic E-state index is 0.261. The molecule has 0 radical (unpaired) electrons. The minimum absolute atomic E-state index is 0.261. The Bertz CT molecular complexity index is 713. The molecule has 6 heteroatoms. The lowest BCUT2D eigenvalue weighted by molar-refractivity contribution is 0.208. The van der Waals surface area contributed by atoms with Crippen LogP contribution in [0.1, 0.15) is 12.5 Å². The van der Waals surface area contributed by atoms with Crippen LogP contribution in [0.4, 0.5) is 0 Å². The van der Waals surface area contributed by atoms with E-state index in [-0.39, 0.29) is 6.61 Å². The monoisotopic (exact) mass is 351 g/mol. The number of benzene rings is 2. The van der Waals surface area contributed by atoms with Gasteiger partial charge in [0.1, 0.15) is 19.0 Å². The smallest absolute Gasteiger partial charge is 0.179 e. The third-order valence-electron chi connectivity index (χ3n) is 2.86.